The summed E-state index contributed by atoms with van der Waals surface area (Å²) in [5.74, 6) is -21.6. The molecular formula is C57H75F4N11O17S2. The summed E-state index contributed by atoms with van der Waals surface area (Å²) >= 11 is 1.39. The summed E-state index contributed by atoms with van der Waals surface area (Å²) in [7, 11) is -1.10. The van der Waals surface area contributed by atoms with Crippen molar-refractivity contribution in [2.24, 2.45) is 17.6 Å². The predicted molar refractivity (Wildman–Crippen MR) is 316 cm³/mol. The number of carbonyl (C=O) groups is 11. The lowest BCUT2D eigenvalue weighted by Gasteiger charge is -2.32. The molecule has 1 fully saturated rings. The van der Waals surface area contributed by atoms with Gasteiger partial charge in [0, 0.05) is 80.4 Å². The van der Waals surface area contributed by atoms with Gasteiger partial charge in [0.25, 0.3) is 0 Å². The van der Waals surface area contributed by atoms with Gasteiger partial charge >= 0.3 is 5.97 Å². The first kappa shape index (κ1) is 72.1. The van der Waals surface area contributed by atoms with E-state index < -0.39 is 223 Å². The maximum Gasteiger partial charge on any atom is 0.311 e. The van der Waals surface area contributed by atoms with Crippen LogP contribution < -0.4 is 57.7 Å². The Balaban J connectivity index is 1.36. The maximum absolute atomic E-state index is 15.3. The quantitative estimate of drug-likeness (QED) is 0.0196. The Kier molecular flexibility index (Phi) is 26.5. The number of amides is 10. The van der Waals surface area contributed by atoms with Crippen LogP contribution in [-0.2, 0) is 75.7 Å². The Hall–Kier alpha value is -7.95. The van der Waals surface area contributed by atoms with E-state index in [2.05, 4.69) is 52.3 Å². The van der Waals surface area contributed by atoms with E-state index in [4.69, 9.17) is 10.5 Å². The van der Waals surface area contributed by atoms with Gasteiger partial charge in [0.2, 0.25) is 76.5 Å². The lowest BCUT2D eigenvalue weighted by atomic mass is 9.93. The van der Waals surface area contributed by atoms with E-state index in [0.29, 0.717) is 36.3 Å². The molecule has 500 valence electrons. The van der Waals surface area contributed by atoms with Crippen LogP contribution in [0.3, 0.4) is 0 Å². The molecule has 91 heavy (non-hydrogen) atoms. The molecule has 1 aromatic heterocycles. The average molecular weight is 1330 g/mol. The standard InChI is InChI=1S/C57H75F4N11O17S2/c1-5-26(2)47-54(84)64-15-13-42(78)66-36-25-91(87)56-30(29-11-12-39(88-4)31(49(29)71-56)24-90-16-7-6-14-63-41(77)9-8-10-44(80)89-50-45(60)32(58)19-33(59)46(50)61)18-34(51(81)65-21-43(79)69-47)67-55(85)48(27(3)38(75)23-73)70-53(83)37-17-28(74)22-72(37)57(86)35(20-40(62)76)68-52(36)82/h11-12,19,26-28,34-38,47-48,71,73-75H,5-10,13-18,20-25H2,1-4H3,(H2,62,76)(H,63,77)(H,64,84)(H,65,81)(H,66,78)(H,67,85)(H,68,82)(H,69,79)(H,70,83)/t26-,27-,28+,34-,35-,36?,37-,38-,47?,48-,91?/m0/s1. The number of rotatable bonds is 20. The van der Waals surface area contributed by atoms with E-state index in [1.165, 1.54) is 25.8 Å². The van der Waals surface area contributed by atoms with Crippen molar-refractivity contribution in [1.82, 2.24) is 52.4 Å². The smallest absolute Gasteiger partial charge is 0.311 e. The molecule has 3 aromatic rings. The predicted octanol–water partition coefficient (Wildman–Crippen LogP) is -1.77. The van der Waals surface area contributed by atoms with Crippen molar-refractivity contribution in [3.05, 3.63) is 52.6 Å². The van der Waals surface area contributed by atoms with Gasteiger partial charge in [0.1, 0.15) is 47.0 Å². The number of nitrogens with two attached hydrogens (primary N) is 1. The summed E-state index contributed by atoms with van der Waals surface area (Å²) in [4.78, 5) is 156. The number of nitrogens with zero attached hydrogens (tertiary/aromatic N) is 1. The molecule has 34 heteroatoms. The molecule has 3 aliphatic heterocycles. The number of halogens is 4. The number of aromatic nitrogens is 1. The van der Waals surface area contributed by atoms with Crippen LogP contribution in [0.25, 0.3) is 10.9 Å². The van der Waals surface area contributed by atoms with E-state index in [0.717, 1.165) is 4.90 Å². The van der Waals surface area contributed by atoms with Gasteiger partial charge in [-0.25, -0.2) is 8.78 Å². The van der Waals surface area contributed by atoms with Crippen molar-refractivity contribution in [2.75, 3.05) is 51.4 Å². The number of nitrogens with one attached hydrogen (secondary N) is 9. The highest BCUT2D eigenvalue weighted by Crippen LogP contribution is 2.37. The Bertz CT molecular complexity index is 3250. The highest BCUT2D eigenvalue weighted by Gasteiger charge is 2.45. The van der Waals surface area contributed by atoms with Crippen LogP contribution in [0.1, 0.15) is 89.7 Å². The second-order valence-corrected chi connectivity index (χ2v) is 24.7. The summed E-state index contributed by atoms with van der Waals surface area (Å²) in [6, 6.07) is -7.16. The molecule has 0 aliphatic carbocycles. The number of esters is 1. The largest absolute Gasteiger partial charge is 0.496 e. The number of benzene rings is 2. The van der Waals surface area contributed by atoms with Gasteiger partial charge in [0.05, 0.1) is 61.0 Å². The Morgan fingerprint density at radius 1 is 0.857 bits per heavy atom. The molecule has 0 spiro atoms. The van der Waals surface area contributed by atoms with Gasteiger partial charge in [-0.2, -0.15) is 20.5 Å². The fourth-order valence-corrected chi connectivity index (χ4v) is 12.8. The van der Waals surface area contributed by atoms with Crippen molar-refractivity contribution in [2.45, 2.75) is 144 Å². The van der Waals surface area contributed by atoms with Crippen LogP contribution in [0.5, 0.6) is 11.5 Å². The average Bonchev–Trinajstić information content (AvgIpc) is 1.64. The van der Waals surface area contributed by atoms with Crippen LogP contribution >= 0.6 is 11.8 Å². The number of H-pyrrole nitrogens is 1. The second kappa shape index (κ2) is 33.4. The molecule has 11 atom stereocenters. The normalized spacial score (nSPS) is 23.5. The van der Waals surface area contributed by atoms with E-state index in [1.54, 1.807) is 26.0 Å². The van der Waals surface area contributed by atoms with E-state index in [9.17, 15) is 85.6 Å². The van der Waals surface area contributed by atoms with Crippen LogP contribution in [0.15, 0.2) is 23.2 Å². The lowest BCUT2D eigenvalue weighted by Crippen LogP contribution is -2.61. The number of thioether (sulfide) groups is 1. The number of aromatic amines is 1. The zero-order valence-electron chi connectivity index (χ0n) is 50.1. The molecule has 0 radical (unpaired) electrons. The van der Waals surface area contributed by atoms with Crippen LogP contribution in [0.4, 0.5) is 17.6 Å². The minimum absolute atomic E-state index is 0.0454. The summed E-state index contributed by atoms with van der Waals surface area (Å²) in [5.41, 5.74) is 6.38. The highest BCUT2D eigenvalue weighted by molar-refractivity contribution is 7.98. The van der Waals surface area contributed by atoms with Gasteiger partial charge in [-0.05, 0) is 48.6 Å². The third kappa shape index (κ3) is 19.1. The van der Waals surface area contributed by atoms with Gasteiger partial charge in [-0.3, -0.25) is 56.9 Å². The Labute approximate surface area is 525 Å². The Morgan fingerprint density at radius 3 is 2.24 bits per heavy atom. The lowest BCUT2D eigenvalue weighted by molar-refractivity contribution is -0.144. The van der Waals surface area contributed by atoms with Crippen LogP contribution in [-0.4, -0.2) is 194 Å². The number of ether oxygens (including phenoxy) is 2. The van der Waals surface area contributed by atoms with Gasteiger partial charge in [-0.1, -0.05) is 27.2 Å². The number of methoxy groups -OCH3 is 1. The van der Waals surface area contributed by atoms with Gasteiger partial charge in [-0.15, -0.1) is 0 Å². The van der Waals surface area contributed by atoms with Crippen molar-refractivity contribution in [3.8, 4) is 11.5 Å². The maximum atomic E-state index is 15.3. The highest BCUT2D eigenvalue weighted by atomic mass is 32.2. The molecule has 10 amide bonds. The molecule has 0 saturated carbocycles. The first-order valence-corrected chi connectivity index (χ1v) is 31.7. The van der Waals surface area contributed by atoms with Crippen molar-refractivity contribution in [3.63, 3.8) is 0 Å². The number of hydrogen-bond donors (Lipinski definition) is 13. The number of primary amides is 1. The summed E-state index contributed by atoms with van der Waals surface area (Å²) in [6.07, 6.45) is -5.10. The number of hydrogen-bond acceptors (Lipinski definition) is 18. The minimum atomic E-state index is -2.48. The number of aliphatic hydroxyl groups excluding tert-OH is 3. The SMILES string of the molecule is CC[C@H](C)C1NC(=O)CNC(=O)[C@@H]2Cc3c([nH]c4c(CSCCCCNC(=O)CCCC(=O)Oc5c(F)c(F)cc(F)c5F)c(OC)ccc34)S(=O)CC(NC(=O)CCNC1=O)C(=O)N[C@@H](CC(N)=O)C(=O)N1C[C@H](O)C[C@H]1C(=O)N[C@@H]([C@@H](C)[C@@H](O)CO)C(=O)N2. The van der Waals surface area contributed by atoms with Gasteiger partial charge < -0.3 is 82.9 Å². The molecule has 3 unspecified atom stereocenters. The third-order valence-corrected chi connectivity index (χ3v) is 18.1. The summed E-state index contributed by atoms with van der Waals surface area (Å²) in [5, 5.41) is 52.3. The molecule has 4 heterocycles. The third-order valence-electron chi connectivity index (χ3n) is 15.6. The fraction of sp³-hybridized carbons (Fsp3) is 0.561. The molecule has 1 saturated heterocycles. The number of carbonyl (C=O) groups excluding carboxylic acids is 11. The molecule has 14 N–H and O–H groups in total. The molecule has 2 bridgehead atoms. The Morgan fingerprint density at radius 2 is 1.57 bits per heavy atom. The fourth-order valence-electron chi connectivity index (χ4n) is 10.3. The molecule has 3 aliphatic rings. The first-order valence-electron chi connectivity index (χ1n) is 29.3. The minimum Gasteiger partial charge on any atom is -0.496 e. The first-order chi connectivity index (χ1) is 43.2. The van der Waals surface area contributed by atoms with Crippen LogP contribution in [0.2, 0.25) is 0 Å². The number of unbranched alkanes of at least 4 members (excludes halogenated alkanes) is 1. The molecule has 6 rings (SSSR count). The van der Waals surface area contributed by atoms with E-state index in [-0.39, 0.29) is 59.2 Å². The molecule has 28 nitrogen and oxygen atoms in total. The molecule has 2 aromatic carbocycles. The van der Waals surface area contributed by atoms with E-state index in [1.807, 2.05) is 0 Å². The zero-order valence-corrected chi connectivity index (χ0v) is 51.8. The van der Waals surface area contributed by atoms with Crippen LogP contribution in [0, 0.1) is 35.1 Å². The second-order valence-electron chi connectivity index (χ2n) is 22.1. The molecular weight excluding hydrogens is 1250 g/mol. The van der Waals surface area contributed by atoms with Crippen molar-refractivity contribution in [1.29, 1.82) is 0 Å². The van der Waals surface area contributed by atoms with Gasteiger partial charge in [0.15, 0.2) is 11.6 Å². The summed E-state index contributed by atoms with van der Waals surface area (Å²) < 4.78 is 80.6. The number of fused-ring (bicyclic) bond motifs is 5. The number of aliphatic hydroxyl groups is 3. The topological polar surface area (TPSA) is 425 Å². The summed E-state index contributed by atoms with van der Waals surface area (Å²) in [6.45, 7) is 2.22. The monoisotopic (exact) mass is 1330 g/mol. The zero-order chi connectivity index (χ0) is 67.0. The van der Waals surface area contributed by atoms with Crippen molar-refractivity contribution < 1.29 is 99.3 Å². The van der Waals surface area contributed by atoms with E-state index >= 15 is 4.21 Å². The van der Waals surface area contributed by atoms with Crippen molar-refractivity contribution >= 4 is 98.5 Å².